The van der Waals surface area contributed by atoms with Gasteiger partial charge < -0.3 is 9.84 Å². The van der Waals surface area contributed by atoms with Crippen LogP contribution in [0.1, 0.15) is 49.1 Å². The van der Waals surface area contributed by atoms with E-state index in [-0.39, 0.29) is 27.5 Å². The van der Waals surface area contributed by atoms with Gasteiger partial charge in [-0.05, 0) is 53.8 Å². The lowest BCUT2D eigenvalue weighted by Crippen LogP contribution is -2.29. The number of amides is 1. The van der Waals surface area contributed by atoms with Crippen LogP contribution in [0.25, 0.3) is 5.76 Å². The van der Waals surface area contributed by atoms with Gasteiger partial charge in [0, 0.05) is 16.8 Å². The Labute approximate surface area is 214 Å². The van der Waals surface area contributed by atoms with Crippen LogP contribution in [0.3, 0.4) is 0 Å². The first kappa shape index (κ1) is 25.5. The van der Waals surface area contributed by atoms with Gasteiger partial charge in [0.1, 0.15) is 17.3 Å². The van der Waals surface area contributed by atoms with E-state index >= 15 is 0 Å². The predicted octanol–water partition coefficient (Wildman–Crippen LogP) is 6.72. The largest absolute Gasteiger partial charge is 0.507 e. The van der Waals surface area contributed by atoms with Gasteiger partial charge in [0.25, 0.3) is 11.7 Å². The minimum Gasteiger partial charge on any atom is -0.507 e. The number of anilines is 1. The second kappa shape index (κ2) is 9.43. The molecular weight excluding hydrogens is 481 g/mol. The van der Waals surface area contributed by atoms with Crippen molar-refractivity contribution < 1.29 is 23.8 Å². The Bertz CT molecular complexity index is 1410. The number of hydrogen-bond acceptors (Lipinski definition) is 4. The summed E-state index contributed by atoms with van der Waals surface area (Å²) in [6.07, 6.45) is 0. The zero-order valence-corrected chi connectivity index (χ0v) is 21.5. The quantitative estimate of drug-likeness (QED) is 0.242. The molecule has 3 aromatic rings. The molecule has 0 bridgehead atoms. The van der Waals surface area contributed by atoms with E-state index in [1.165, 1.54) is 24.1 Å². The molecule has 1 heterocycles. The molecule has 0 aromatic heterocycles. The summed E-state index contributed by atoms with van der Waals surface area (Å²) >= 11 is 6.02. The van der Waals surface area contributed by atoms with Crippen LogP contribution in [0.15, 0.2) is 66.2 Å². The molecule has 0 spiro atoms. The molecule has 1 fully saturated rings. The van der Waals surface area contributed by atoms with Gasteiger partial charge in [-0.25, -0.2) is 4.39 Å². The van der Waals surface area contributed by atoms with Crippen molar-refractivity contribution in [3.8, 4) is 5.75 Å². The average molecular weight is 508 g/mol. The number of para-hydroxylation sites is 1. The van der Waals surface area contributed by atoms with Crippen LogP contribution in [0, 0.1) is 12.7 Å². The Morgan fingerprint density at radius 2 is 1.75 bits per heavy atom. The van der Waals surface area contributed by atoms with Crippen molar-refractivity contribution in [2.24, 2.45) is 0 Å². The standard InChI is InChI=1S/C29H27ClFNO4/c1-16-10-11-17(29(2,3)4)14-20(16)26(33)24-25(19-8-6-7-9-23(19)36-5)32(28(35)27(24)34)18-12-13-22(31)21(30)15-18/h6-15,25,33H,1-5H3/b26-24+. The van der Waals surface area contributed by atoms with Gasteiger partial charge in [-0.3, -0.25) is 14.5 Å². The molecule has 1 aliphatic heterocycles. The van der Waals surface area contributed by atoms with E-state index in [0.717, 1.165) is 17.2 Å². The first-order chi connectivity index (χ1) is 17.0. The minimum absolute atomic E-state index is 0.0842. The number of ketones is 1. The first-order valence-corrected chi connectivity index (χ1v) is 11.8. The van der Waals surface area contributed by atoms with Crippen molar-refractivity contribution in [2.45, 2.75) is 39.2 Å². The third kappa shape index (κ3) is 4.37. The second-order valence-electron chi connectivity index (χ2n) is 9.79. The number of ether oxygens (including phenoxy) is 1. The fourth-order valence-electron chi connectivity index (χ4n) is 4.41. The molecule has 1 saturated heterocycles. The molecule has 5 nitrogen and oxygen atoms in total. The summed E-state index contributed by atoms with van der Waals surface area (Å²) in [6, 6.07) is 15.4. The summed E-state index contributed by atoms with van der Waals surface area (Å²) in [5, 5.41) is 11.4. The molecule has 1 aliphatic rings. The van der Waals surface area contributed by atoms with Crippen LogP contribution in [0.2, 0.25) is 5.02 Å². The van der Waals surface area contributed by atoms with Crippen molar-refractivity contribution in [1.82, 2.24) is 0 Å². The smallest absolute Gasteiger partial charge is 0.300 e. The Morgan fingerprint density at radius 1 is 1.06 bits per heavy atom. The minimum atomic E-state index is -1.03. The summed E-state index contributed by atoms with van der Waals surface area (Å²) in [7, 11) is 1.48. The molecule has 36 heavy (non-hydrogen) atoms. The number of nitrogens with zero attached hydrogens (tertiary/aromatic N) is 1. The molecular formula is C29H27ClFNO4. The number of Topliss-reactive ketones (excluding diaryl/α,β-unsaturated/α-hetero) is 1. The molecule has 186 valence electrons. The second-order valence-corrected chi connectivity index (χ2v) is 10.2. The maximum Gasteiger partial charge on any atom is 0.300 e. The lowest BCUT2D eigenvalue weighted by molar-refractivity contribution is -0.132. The number of carbonyl (C=O) groups excluding carboxylic acids is 2. The van der Waals surface area contributed by atoms with E-state index in [0.29, 0.717) is 16.9 Å². The van der Waals surface area contributed by atoms with Gasteiger partial charge in [0.05, 0.1) is 23.7 Å². The normalized spacial score (nSPS) is 17.5. The van der Waals surface area contributed by atoms with Gasteiger partial charge in [0.15, 0.2) is 0 Å². The zero-order valence-electron chi connectivity index (χ0n) is 20.7. The zero-order chi connectivity index (χ0) is 26.4. The first-order valence-electron chi connectivity index (χ1n) is 11.5. The van der Waals surface area contributed by atoms with E-state index in [1.54, 1.807) is 24.3 Å². The van der Waals surface area contributed by atoms with Gasteiger partial charge in [-0.2, -0.15) is 0 Å². The number of halogens is 2. The third-order valence-electron chi connectivity index (χ3n) is 6.42. The van der Waals surface area contributed by atoms with Gasteiger partial charge >= 0.3 is 0 Å². The number of methoxy groups -OCH3 is 1. The van der Waals surface area contributed by atoms with Crippen LogP contribution >= 0.6 is 11.6 Å². The van der Waals surface area contributed by atoms with Crippen molar-refractivity contribution in [3.63, 3.8) is 0 Å². The van der Waals surface area contributed by atoms with Crippen LogP contribution in [0.4, 0.5) is 10.1 Å². The summed E-state index contributed by atoms with van der Waals surface area (Å²) in [4.78, 5) is 28.1. The maximum atomic E-state index is 13.9. The molecule has 0 aliphatic carbocycles. The van der Waals surface area contributed by atoms with Gasteiger partial charge in [0.2, 0.25) is 0 Å². The number of aliphatic hydroxyl groups is 1. The summed E-state index contributed by atoms with van der Waals surface area (Å²) in [5.74, 6) is -2.23. The fourth-order valence-corrected chi connectivity index (χ4v) is 4.58. The summed E-state index contributed by atoms with van der Waals surface area (Å²) in [6.45, 7) is 7.98. The van der Waals surface area contributed by atoms with Crippen molar-refractivity contribution >= 4 is 34.7 Å². The Kier molecular flexibility index (Phi) is 6.67. The van der Waals surface area contributed by atoms with E-state index < -0.39 is 23.5 Å². The van der Waals surface area contributed by atoms with E-state index in [9.17, 15) is 19.1 Å². The molecule has 1 unspecified atom stereocenters. The van der Waals surface area contributed by atoms with Gasteiger partial charge in [-0.1, -0.05) is 62.7 Å². The topological polar surface area (TPSA) is 66.8 Å². The highest BCUT2D eigenvalue weighted by atomic mass is 35.5. The Morgan fingerprint density at radius 3 is 2.39 bits per heavy atom. The molecule has 1 N–H and O–H groups in total. The highest BCUT2D eigenvalue weighted by molar-refractivity contribution is 6.52. The highest BCUT2D eigenvalue weighted by Gasteiger charge is 2.48. The fraction of sp³-hybridized carbons (Fsp3) is 0.241. The van der Waals surface area contributed by atoms with Crippen molar-refractivity contribution in [2.75, 3.05) is 12.0 Å². The Balaban J connectivity index is 2.02. The van der Waals surface area contributed by atoms with Crippen LogP contribution in [0.5, 0.6) is 5.75 Å². The van der Waals surface area contributed by atoms with Crippen LogP contribution in [-0.2, 0) is 15.0 Å². The number of carbonyl (C=O) groups is 2. The molecule has 1 amide bonds. The van der Waals surface area contributed by atoms with Crippen molar-refractivity contribution in [1.29, 1.82) is 0 Å². The molecule has 0 saturated carbocycles. The monoisotopic (exact) mass is 507 g/mol. The van der Waals surface area contributed by atoms with E-state index in [1.807, 2.05) is 45.9 Å². The lowest BCUT2D eigenvalue weighted by atomic mass is 9.84. The summed E-state index contributed by atoms with van der Waals surface area (Å²) in [5.41, 5.74) is 2.58. The highest BCUT2D eigenvalue weighted by Crippen LogP contribution is 2.45. The number of hydrogen-bond donors (Lipinski definition) is 1. The molecule has 1 atom stereocenters. The molecule has 3 aromatic carbocycles. The summed E-state index contributed by atoms with van der Waals surface area (Å²) < 4.78 is 19.5. The van der Waals surface area contributed by atoms with E-state index in [2.05, 4.69) is 0 Å². The predicted molar refractivity (Wildman–Crippen MR) is 139 cm³/mol. The molecule has 4 rings (SSSR count). The Hall–Kier alpha value is -3.64. The maximum absolute atomic E-state index is 13.9. The van der Waals surface area contributed by atoms with Gasteiger partial charge in [-0.15, -0.1) is 0 Å². The number of rotatable bonds is 4. The number of benzene rings is 3. The van der Waals surface area contributed by atoms with Crippen molar-refractivity contribution in [3.05, 3.63) is 99.3 Å². The van der Waals surface area contributed by atoms with Crippen LogP contribution in [-0.4, -0.2) is 23.9 Å². The van der Waals surface area contributed by atoms with Crippen LogP contribution < -0.4 is 9.64 Å². The average Bonchev–Trinajstić information content (AvgIpc) is 3.10. The number of aliphatic hydroxyl groups excluding tert-OH is 1. The SMILES string of the molecule is COc1ccccc1C1/C(=C(\O)c2cc(C(C)(C)C)ccc2C)C(=O)C(=O)N1c1ccc(F)c(Cl)c1. The van der Waals surface area contributed by atoms with E-state index in [4.69, 9.17) is 16.3 Å². The lowest BCUT2D eigenvalue weighted by Gasteiger charge is -2.27. The third-order valence-corrected chi connectivity index (χ3v) is 6.71. The molecule has 0 radical (unpaired) electrons. The number of aryl methyl sites for hydroxylation is 1. The molecule has 7 heteroatoms.